The molecule has 0 amide bonds. The number of carbonyl (C=O) groups is 1. The third kappa shape index (κ3) is 20.3. The zero-order valence-corrected chi connectivity index (χ0v) is 17.4. The maximum Gasteiger partial charge on any atom is 0.341 e. The Hall–Kier alpha value is 0.297. The summed E-state index contributed by atoms with van der Waals surface area (Å²) in [5.41, 5.74) is 0. The van der Waals surface area contributed by atoms with Gasteiger partial charge in [-0.3, -0.25) is 0 Å². The van der Waals surface area contributed by atoms with Crippen molar-refractivity contribution in [2.24, 2.45) is 0 Å². The van der Waals surface area contributed by atoms with Crippen molar-refractivity contribution in [1.29, 1.82) is 0 Å². The van der Waals surface area contributed by atoms with E-state index in [9.17, 15) is 4.79 Å². The van der Waals surface area contributed by atoms with Gasteiger partial charge in [-0.25, -0.2) is 4.79 Å². The van der Waals surface area contributed by atoms with Crippen LogP contribution in [0.2, 0.25) is 6.04 Å². The van der Waals surface area contributed by atoms with Crippen LogP contribution in [0.4, 0.5) is 0 Å². The van der Waals surface area contributed by atoms with Crippen molar-refractivity contribution in [3.8, 4) is 0 Å². The lowest BCUT2D eigenvalue weighted by molar-refractivity contribution is -0.137. The molecule has 23 heavy (non-hydrogen) atoms. The minimum absolute atomic E-state index is 0.320. The van der Waals surface area contributed by atoms with Crippen LogP contribution in [0.15, 0.2) is 12.7 Å². The first-order chi connectivity index (χ1) is 11.0. The van der Waals surface area contributed by atoms with Crippen molar-refractivity contribution < 1.29 is 9.53 Å². The molecule has 0 spiro atoms. The predicted molar refractivity (Wildman–Crippen MR) is 105 cm³/mol. The number of ether oxygens (including phenoxy) is 1. The molecule has 0 saturated carbocycles. The minimum atomic E-state index is -2.38. The number of hydrogen-bond donors (Lipinski definition) is 0. The highest BCUT2D eigenvalue weighted by atomic mass is 35.8. The van der Waals surface area contributed by atoms with Gasteiger partial charge in [-0.05, 0) is 12.5 Å². The molecule has 136 valence electrons. The van der Waals surface area contributed by atoms with Gasteiger partial charge in [0.05, 0.1) is 6.61 Å². The van der Waals surface area contributed by atoms with Crippen LogP contribution in [0.1, 0.15) is 77.0 Å². The molecule has 0 N–H and O–H groups in total. The molecule has 0 aromatic carbocycles. The standard InChI is InChI=1S/C17H31Cl3O2Si/c1-2-17(21)22-15-13-11-9-7-5-3-4-6-8-10-12-14-16-23(18,19)20/h2H,1,3-16H2. The first-order valence-corrected chi connectivity index (χ1v) is 14.1. The third-order valence-corrected chi connectivity index (χ3v) is 6.39. The van der Waals surface area contributed by atoms with E-state index in [1.807, 2.05) is 0 Å². The second-order valence-electron chi connectivity index (χ2n) is 5.98. The number of unbranched alkanes of at least 4 members (excludes halogenated alkanes) is 11. The van der Waals surface area contributed by atoms with Crippen molar-refractivity contribution >= 4 is 45.2 Å². The van der Waals surface area contributed by atoms with E-state index in [2.05, 4.69) is 6.58 Å². The fraction of sp³-hybridized carbons (Fsp3) is 0.824. The Bertz CT molecular complexity index is 307. The van der Waals surface area contributed by atoms with Gasteiger partial charge >= 0.3 is 12.0 Å². The van der Waals surface area contributed by atoms with Crippen molar-refractivity contribution in [1.82, 2.24) is 0 Å². The van der Waals surface area contributed by atoms with Gasteiger partial charge < -0.3 is 4.74 Å². The molecule has 0 rings (SSSR count). The highest BCUT2D eigenvalue weighted by Crippen LogP contribution is 2.27. The summed E-state index contributed by atoms with van der Waals surface area (Å²) >= 11 is 17.5. The quantitative estimate of drug-likeness (QED) is 0.0910. The molecular formula is C17H31Cl3O2Si. The lowest BCUT2D eigenvalue weighted by atomic mass is 10.1. The number of carbonyl (C=O) groups excluding carboxylic acids is 1. The van der Waals surface area contributed by atoms with Crippen LogP contribution >= 0.6 is 33.2 Å². The van der Waals surface area contributed by atoms with Crippen molar-refractivity contribution in [2.45, 2.75) is 83.1 Å². The molecule has 0 saturated heterocycles. The zero-order chi connectivity index (χ0) is 17.4. The highest BCUT2D eigenvalue weighted by Gasteiger charge is 2.23. The first kappa shape index (κ1) is 23.3. The van der Waals surface area contributed by atoms with Gasteiger partial charge in [0.15, 0.2) is 0 Å². The van der Waals surface area contributed by atoms with E-state index in [0.29, 0.717) is 6.61 Å². The summed E-state index contributed by atoms with van der Waals surface area (Å²) in [6.45, 7) is 3.89. The fourth-order valence-electron chi connectivity index (χ4n) is 2.43. The summed E-state index contributed by atoms with van der Waals surface area (Å²) in [6, 6.07) is -1.58. The first-order valence-electron chi connectivity index (χ1n) is 8.81. The summed E-state index contributed by atoms with van der Waals surface area (Å²) in [7, 11) is 0. The lowest BCUT2D eigenvalue weighted by Crippen LogP contribution is -2.07. The van der Waals surface area contributed by atoms with Crippen LogP contribution in [-0.4, -0.2) is 18.6 Å². The van der Waals surface area contributed by atoms with E-state index in [-0.39, 0.29) is 5.97 Å². The lowest BCUT2D eigenvalue weighted by Gasteiger charge is -2.07. The Morgan fingerprint density at radius 1 is 0.783 bits per heavy atom. The van der Waals surface area contributed by atoms with Gasteiger partial charge in [0.2, 0.25) is 0 Å². The molecule has 0 aliphatic heterocycles. The SMILES string of the molecule is C=CC(=O)OCCCCCCCCCCCCCC[Si](Cl)(Cl)Cl. The molecule has 0 radical (unpaired) electrons. The van der Waals surface area contributed by atoms with E-state index >= 15 is 0 Å². The molecule has 6 heteroatoms. The fourth-order valence-corrected chi connectivity index (χ4v) is 4.28. The normalized spacial score (nSPS) is 11.4. The number of esters is 1. The summed E-state index contributed by atoms with van der Waals surface area (Å²) in [4.78, 5) is 10.8. The van der Waals surface area contributed by atoms with Crippen LogP contribution < -0.4 is 0 Å². The Labute approximate surface area is 157 Å². The molecule has 0 heterocycles. The monoisotopic (exact) mass is 400 g/mol. The summed E-state index contributed by atoms with van der Waals surface area (Å²) in [5.74, 6) is -0.320. The molecule has 0 aromatic rings. The molecule has 0 aliphatic rings. The predicted octanol–water partition coefficient (Wildman–Crippen LogP) is 7.05. The summed E-state index contributed by atoms with van der Waals surface area (Å²) in [6.07, 6.45) is 15.9. The smallest absolute Gasteiger partial charge is 0.341 e. The van der Waals surface area contributed by atoms with Crippen LogP contribution in [0, 0.1) is 0 Å². The third-order valence-electron chi connectivity index (χ3n) is 3.77. The van der Waals surface area contributed by atoms with E-state index in [1.165, 1.54) is 63.9 Å². The van der Waals surface area contributed by atoms with E-state index in [0.717, 1.165) is 25.3 Å². The summed E-state index contributed by atoms with van der Waals surface area (Å²) < 4.78 is 4.93. The molecule has 2 nitrogen and oxygen atoms in total. The van der Waals surface area contributed by atoms with Crippen LogP contribution in [0.5, 0.6) is 0 Å². The van der Waals surface area contributed by atoms with E-state index < -0.39 is 6.00 Å². The molecule has 0 aliphatic carbocycles. The average molecular weight is 402 g/mol. The average Bonchev–Trinajstić information content (AvgIpc) is 2.49. The van der Waals surface area contributed by atoms with Gasteiger partial charge in [-0.1, -0.05) is 77.2 Å². The van der Waals surface area contributed by atoms with Crippen LogP contribution in [0.3, 0.4) is 0 Å². The van der Waals surface area contributed by atoms with Gasteiger partial charge in [-0.2, -0.15) is 0 Å². The maximum absolute atomic E-state index is 10.8. The van der Waals surface area contributed by atoms with Crippen molar-refractivity contribution in [2.75, 3.05) is 6.61 Å². The second-order valence-corrected chi connectivity index (χ2v) is 15.3. The topological polar surface area (TPSA) is 26.3 Å². The number of hydrogen-bond acceptors (Lipinski definition) is 2. The largest absolute Gasteiger partial charge is 0.463 e. The maximum atomic E-state index is 10.8. The molecular weight excluding hydrogens is 371 g/mol. The Kier molecular flexibility index (Phi) is 16.0. The highest BCUT2D eigenvalue weighted by molar-refractivity contribution is 7.64. The molecule has 0 atom stereocenters. The Morgan fingerprint density at radius 3 is 1.57 bits per heavy atom. The molecule has 0 bridgehead atoms. The number of rotatable bonds is 16. The van der Waals surface area contributed by atoms with Crippen LogP contribution in [-0.2, 0) is 9.53 Å². The van der Waals surface area contributed by atoms with Gasteiger partial charge in [0, 0.05) is 6.08 Å². The van der Waals surface area contributed by atoms with Crippen LogP contribution in [0.25, 0.3) is 0 Å². The van der Waals surface area contributed by atoms with E-state index in [1.54, 1.807) is 0 Å². The van der Waals surface area contributed by atoms with E-state index in [4.69, 9.17) is 38.0 Å². The Morgan fingerprint density at radius 2 is 1.17 bits per heavy atom. The van der Waals surface area contributed by atoms with Gasteiger partial charge in [0.1, 0.15) is 0 Å². The van der Waals surface area contributed by atoms with Gasteiger partial charge in [0.25, 0.3) is 0 Å². The molecule has 0 aromatic heterocycles. The van der Waals surface area contributed by atoms with Crippen molar-refractivity contribution in [3.63, 3.8) is 0 Å². The molecule has 0 unspecified atom stereocenters. The minimum Gasteiger partial charge on any atom is -0.463 e. The summed E-state index contributed by atoms with van der Waals surface area (Å²) in [5, 5.41) is 0. The van der Waals surface area contributed by atoms with Crippen molar-refractivity contribution in [3.05, 3.63) is 12.7 Å². The zero-order valence-electron chi connectivity index (χ0n) is 14.1. The second kappa shape index (κ2) is 15.8. The number of halogens is 3. The van der Waals surface area contributed by atoms with Gasteiger partial charge in [-0.15, -0.1) is 33.2 Å². The Balaban J connectivity index is 3.08. The molecule has 0 fully saturated rings.